The second kappa shape index (κ2) is 10.3. The van der Waals surface area contributed by atoms with Crippen LogP contribution in [0.4, 0.5) is 8.78 Å². The second-order valence-corrected chi connectivity index (χ2v) is 9.61. The van der Waals surface area contributed by atoms with Gasteiger partial charge in [0.1, 0.15) is 18.2 Å². The highest BCUT2D eigenvalue weighted by Gasteiger charge is 2.30. The molecule has 1 heterocycles. The number of rotatable bonds is 7. The summed E-state index contributed by atoms with van der Waals surface area (Å²) >= 11 is 6.11. The van der Waals surface area contributed by atoms with Crippen LogP contribution in [0, 0.1) is 17.6 Å². The van der Waals surface area contributed by atoms with Crippen LogP contribution in [0.2, 0.25) is 5.02 Å². The van der Waals surface area contributed by atoms with Gasteiger partial charge in [0, 0.05) is 22.7 Å². The number of fused-ring (bicyclic) bond motifs is 1. The summed E-state index contributed by atoms with van der Waals surface area (Å²) in [6, 6.07) is 15.6. The van der Waals surface area contributed by atoms with Gasteiger partial charge in [-0.05, 0) is 67.3 Å². The largest absolute Gasteiger partial charge is 0.491 e. The van der Waals surface area contributed by atoms with Gasteiger partial charge in [0.15, 0.2) is 11.6 Å². The Kier molecular flexibility index (Phi) is 6.92. The van der Waals surface area contributed by atoms with Crippen LogP contribution in [-0.4, -0.2) is 27.2 Å². The molecular weight excluding hydrogens is 486 g/mol. The maximum absolute atomic E-state index is 14.4. The molecule has 186 valence electrons. The first-order chi connectivity index (χ1) is 17.4. The Labute approximate surface area is 212 Å². The summed E-state index contributed by atoms with van der Waals surface area (Å²) in [6.45, 7) is 0.266. The van der Waals surface area contributed by atoms with E-state index >= 15 is 0 Å². The third-order valence-corrected chi connectivity index (χ3v) is 7.13. The molecule has 1 N–H and O–H groups in total. The number of carboxylic acid groups (broad SMARTS) is 1. The summed E-state index contributed by atoms with van der Waals surface area (Å²) in [5.41, 5.74) is 1.82. The van der Waals surface area contributed by atoms with Gasteiger partial charge in [-0.2, -0.15) is 0 Å². The number of imidazole rings is 1. The number of nitrogens with zero attached hydrogens (tertiary/aromatic N) is 2. The zero-order valence-electron chi connectivity index (χ0n) is 19.5. The lowest BCUT2D eigenvalue weighted by atomic mass is 9.83. The molecule has 1 aromatic heterocycles. The summed E-state index contributed by atoms with van der Waals surface area (Å²) in [5.74, 6) is -1.51. The van der Waals surface area contributed by atoms with E-state index in [9.17, 15) is 18.7 Å². The fourth-order valence-corrected chi connectivity index (χ4v) is 5.17. The molecule has 0 spiro atoms. The molecule has 0 bridgehead atoms. The zero-order valence-corrected chi connectivity index (χ0v) is 20.2. The van der Waals surface area contributed by atoms with Crippen molar-refractivity contribution >= 4 is 28.6 Å². The molecule has 0 amide bonds. The van der Waals surface area contributed by atoms with E-state index < -0.39 is 17.6 Å². The summed E-state index contributed by atoms with van der Waals surface area (Å²) in [6.07, 6.45) is 5.29. The number of benzene rings is 3. The van der Waals surface area contributed by atoms with Gasteiger partial charge in [0.05, 0.1) is 22.6 Å². The average Bonchev–Trinajstić information content (AvgIpc) is 3.23. The highest BCUT2D eigenvalue weighted by atomic mass is 35.5. The Morgan fingerprint density at radius 2 is 1.69 bits per heavy atom. The number of carbonyl (C=O) groups is 1. The topological polar surface area (TPSA) is 64.3 Å². The van der Waals surface area contributed by atoms with Crippen LogP contribution in [0.3, 0.4) is 0 Å². The predicted octanol–water partition coefficient (Wildman–Crippen LogP) is 7.53. The number of ether oxygens (including phenoxy) is 1. The number of aromatic nitrogens is 2. The standard InChI is InChI=1S/C28H25ClF2N2O3/c29-20-10-6-18(7-11-20)27-32-24-14-22(30)23(31)15-25(24)33(27)26(17-4-2-1-3-5-17)16-36-21-12-8-19(9-13-21)28(34)35/h6-15,17,26H,1-5,16H2,(H,34,35). The number of hydrogen-bond donors (Lipinski definition) is 1. The molecule has 3 aromatic carbocycles. The third kappa shape index (κ3) is 4.93. The van der Waals surface area contributed by atoms with E-state index in [2.05, 4.69) is 0 Å². The molecule has 5 rings (SSSR count). The van der Waals surface area contributed by atoms with Crippen molar-refractivity contribution in [3.63, 3.8) is 0 Å². The van der Waals surface area contributed by atoms with Gasteiger partial charge in [0.2, 0.25) is 0 Å². The van der Waals surface area contributed by atoms with Crippen LogP contribution in [0.1, 0.15) is 48.5 Å². The maximum atomic E-state index is 14.4. The first-order valence-electron chi connectivity index (χ1n) is 12.0. The van der Waals surface area contributed by atoms with Crippen LogP contribution in [0.15, 0.2) is 60.7 Å². The lowest BCUT2D eigenvalue weighted by molar-refractivity contribution is 0.0697. The van der Waals surface area contributed by atoms with E-state index in [1.165, 1.54) is 18.2 Å². The van der Waals surface area contributed by atoms with Crippen LogP contribution in [0.5, 0.6) is 5.75 Å². The molecule has 1 atom stereocenters. The third-order valence-electron chi connectivity index (χ3n) is 6.88. The van der Waals surface area contributed by atoms with Gasteiger partial charge in [-0.15, -0.1) is 0 Å². The minimum atomic E-state index is -1.01. The molecule has 0 aliphatic heterocycles. The van der Waals surface area contributed by atoms with Crippen molar-refractivity contribution in [2.24, 2.45) is 5.92 Å². The molecule has 1 fully saturated rings. The second-order valence-electron chi connectivity index (χ2n) is 9.17. The summed E-state index contributed by atoms with van der Waals surface area (Å²) in [7, 11) is 0. The van der Waals surface area contributed by atoms with E-state index in [1.807, 2.05) is 16.7 Å². The van der Waals surface area contributed by atoms with Crippen molar-refractivity contribution < 1.29 is 23.4 Å². The van der Waals surface area contributed by atoms with Gasteiger partial charge < -0.3 is 14.4 Å². The summed E-state index contributed by atoms with van der Waals surface area (Å²) in [5, 5.41) is 9.75. The summed E-state index contributed by atoms with van der Waals surface area (Å²) < 4.78 is 36.7. The number of carboxylic acids is 1. The maximum Gasteiger partial charge on any atom is 0.335 e. The minimum Gasteiger partial charge on any atom is -0.491 e. The van der Waals surface area contributed by atoms with Crippen molar-refractivity contribution in [1.82, 2.24) is 9.55 Å². The molecule has 36 heavy (non-hydrogen) atoms. The molecule has 0 radical (unpaired) electrons. The number of aromatic carboxylic acids is 1. The van der Waals surface area contributed by atoms with Gasteiger partial charge in [-0.3, -0.25) is 0 Å². The van der Waals surface area contributed by atoms with E-state index in [0.29, 0.717) is 27.6 Å². The molecule has 8 heteroatoms. The van der Waals surface area contributed by atoms with Crippen molar-refractivity contribution in [2.75, 3.05) is 6.61 Å². The van der Waals surface area contributed by atoms with Crippen LogP contribution in [0.25, 0.3) is 22.4 Å². The van der Waals surface area contributed by atoms with Crippen LogP contribution >= 0.6 is 11.6 Å². The Hall–Kier alpha value is -3.45. The fraction of sp³-hybridized carbons (Fsp3) is 0.286. The SMILES string of the molecule is O=C(O)c1ccc(OCC(C2CCCCC2)n2c(-c3ccc(Cl)cc3)nc3cc(F)c(F)cc32)cc1. The Morgan fingerprint density at radius 1 is 1.03 bits per heavy atom. The molecule has 1 aliphatic carbocycles. The van der Waals surface area contributed by atoms with Gasteiger partial charge >= 0.3 is 5.97 Å². The monoisotopic (exact) mass is 510 g/mol. The predicted molar refractivity (Wildman–Crippen MR) is 135 cm³/mol. The zero-order chi connectivity index (χ0) is 25.2. The van der Waals surface area contributed by atoms with Crippen molar-refractivity contribution in [3.05, 3.63) is 82.9 Å². The fourth-order valence-electron chi connectivity index (χ4n) is 5.04. The first kappa shape index (κ1) is 24.3. The smallest absolute Gasteiger partial charge is 0.335 e. The first-order valence-corrected chi connectivity index (χ1v) is 12.4. The average molecular weight is 511 g/mol. The lowest BCUT2D eigenvalue weighted by Gasteiger charge is -2.32. The van der Waals surface area contributed by atoms with E-state index in [-0.39, 0.29) is 24.1 Å². The van der Waals surface area contributed by atoms with E-state index in [0.717, 1.165) is 43.7 Å². The Bertz CT molecular complexity index is 1380. The van der Waals surface area contributed by atoms with Gasteiger partial charge in [-0.1, -0.05) is 30.9 Å². The Morgan fingerprint density at radius 3 is 2.36 bits per heavy atom. The van der Waals surface area contributed by atoms with E-state index in [4.69, 9.17) is 21.3 Å². The molecule has 4 aromatic rings. The van der Waals surface area contributed by atoms with Gasteiger partial charge in [-0.25, -0.2) is 18.6 Å². The van der Waals surface area contributed by atoms with Crippen molar-refractivity contribution in [2.45, 2.75) is 38.1 Å². The molecule has 1 unspecified atom stereocenters. The minimum absolute atomic E-state index is 0.175. The highest BCUT2D eigenvalue weighted by Crippen LogP contribution is 2.39. The molecule has 0 saturated heterocycles. The Balaban J connectivity index is 1.60. The quantitative estimate of drug-likeness (QED) is 0.279. The van der Waals surface area contributed by atoms with Crippen molar-refractivity contribution in [1.29, 1.82) is 0 Å². The van der Waals surface area contributed by atoms with Crippen LogP contribution < -0.4 is 4.74 Å². The van der Waals surface area contributed by atoms with Gasteiger partial charge in [0.25, 0.3) is 0 Å². The van der Waals surface area contributed by atoms with E-state index in [1.54, 1.807) is 24.3 Å². The molecule has 1 saturated carbocycles. The summed E-state index contributed by atoms with van der Waals surface area (Å²) in [4.78, 5) is 15.9. The molecule has 5 nitrogen and oxygen atoms in total. The normalized spacial score (nSPS) is 15.2. The van der Waals surface area contributed by atoms with Crippen LogP contribution in [-0.2, 0) is 0 Å². The van der Waals surface area contributed by atoms with Crippen molar-refractivity contribution in [3.8, 4) is 17.1 Å². The highest BCUT2D eigenvalue weighted by molar-refractivity contribution is 6.30. The molecular formula is C28H25ClF2N2O3. The number of halogens is 3. The number of hydrogen-bond acceptors (Lipinski definition) is 3. The lowest BCUT2D eigenvalue weighted by Crippen LogP contribution is -2.28. The molecule has 1 aliphatic rings.